The van der Waals surface area contributed by atoms with Gasteiger partial charge in [0.05, 0.1) is 0 Å². The summed E-state index contributed by atoms with van der Waals surface area (Å²) >= 11 is 0. The second-order valence-electron chi connectivity index (χ2n) is 4.38. The molecular weight excluding hydrogens is 247 g/mol. The number of aliphatic carboxylic acids is 1. The predicted octanol–water partition coefficient (Wildman–Crippen LogP) is 2.45. The van der Waals surface area contributed by atoms with E-state index >= 15 is 0 Å². The van der Waals surface area contributed by atoms with Crippen LogP contribution in [0.3, 0.4) is 0 Å². The van der Waals surface area contributed by atoms with Gasteiger partial charge in [0.2, 0.25) is 5.54 Å². The summed E-state index contributed by atoms with van der Waals surface area (Å²) in [5.74, 6) is -1.84. The smallest absolute Gasteiger partial charge is 0.418 e. The van der Waals surface area contributed by atoms with Gasteiger partial charge < -0.3 is 5.11 Å². The molecule has 3 nitrogen and oxygen atoms in total. The lowest BCUT2D eigenvalue weighted by Gasteiger charge is -2.21. The molecule has 1 aromatic carbocycles. The molecule has 0 spiro atoms. The van der Waals surface area contributed by atoms with Gasteiger partial charge >= 0.3 is 12.1 Å². The molecule has 0 bridgehead atoms. The van der Waals surface area contributed by atoms with E-state index in [4.69, 9.17) is 5.11 Å². The minimum absolute atomic E-state index is 0.498. The highest BCUT2D eigenvalue weighted by Crippen LogP contribution is 2.51. The highest BCUT2D eigenvalue weighted by atomic mass is 19.4. The predicted molar refractivity (Wildman–Crippen MR) is 58.0 cm³/mol. The van der Waals surface area contributed by atoms with Crippen molar-refractivity contribution < 1.29 is 23.1 Å². The second kappa shape index (κ2) is 3.98. The molecule has 1 aromatic rings. The summed E-state index contributed by atoms with van der Waals surface area (Å²) in [6.07, 6.45) is -4.76. The number of hydrogen-bond acceptors (Lipinski definition) is 2. The first-order chi connectivity index (χ1) is 8.30. The van der Waals surface area contributed by atoms with E-state index in [1.54, 1.807) is 37.3 Å². The van der Waals surface area contributed by atoms with Crippen molar-refractivity contribution in [3.05, 3.63) is 35.9 Å². The summed E-state index contributed by atoms with van der Waals surface area (Å²) in [6, 6.07) is 7.98. The molecule has 1 heterocycles. The number of nitrogens with zero attached hydrogens (tertiary/aromatic N) is 1. The summed E-state index contributed by atoms with van der Waals surface area (Å²) in [5.41, 5.74) is -2.05. The Morgan fingerprint density at radius 2 is 1.94 bits per heavy atom. The Labute approximate surface area is 102 Å². The van der Waals surface area contributed by atoms with Crippen molar-refractivity contribution in [2.24, 2.45) is 0 Å². The number of carboxylic acid groups (broad SMARTS) is 1. The topological polar surface area (TPSA) is 40.3 Å². The van der Waals surface area contributed by atoms with Gasteiger partial charge in [-0.05, 0) is 12.5 Å². The number of rotatable bonds is 3. The Morgan fingerprint density at radius 1 is 1.39 bits per heavy atom. The fourth-order valence-corrected chi connectivity index (χ4v) is 2.15. The summed E-state index contributed by atoms with van der Waals surface area (Å²) < 4.78 is 38.6. The largest absolute Gasteiger partial charge is 0.480 e. The first-order valence-electron chi connectivity index (χ1n) is 5.42. The van der Waals surface area contributed by atoms with Crippen LogP contribution < -0.4 is 0 Å². The molecule has 0 aliphatic carbocycles. The average Bonchev–Trinajstić information content (AvgIpc) is 3.05. The van der Waals surface area contributed by atoms with E-state index in [2.05, 4.69) is 0 Å². The third kappa shape index (κ3) is 1.77. The normalized spacial score (nSPS) is 28.8. The van der Waals surface area contributed by atoms with Gasteiger partial charge in [-0.3, -0.25) is 4.90 Å². The molecule has 0 amide bonds. The van der Waals surface area contributed by atoms with E-state index in [0.717, 1.165) is 4.90 Å². The number of hydrogen-bond donors (Lipinski definition) is 1. The van der Waals surface area contributed by atoms with E-state index < -0.39 is 30.3 Å². The van der Waals surface area contributed by atoms with Gasteiger partial charge in [0.1, 0.15) is 0 Å². The van der Waals surface area contributed by atoms with Crippen LogP contribution in [0.2, 0.25) is 0 Å². The van der Waals surface area contributed by atoms with Crippen molar-refractivity contribution in [3.8, 4) is 0 Å². The zero-order valence-electron chi connectivity index (χ0n) is 9.61. The minimum atomic E-state index is -4.76. The number of carbonyl (C=O) groups is 1. The van der Waals surface area contributed by atoms with Crippen LogP contribution in [-0.4, -0.2) is 34.2 Å². The molecule has 0 saturated carbocycles. The molecule has 1 N–H and O–H groups in total. The number of alkyl halides is 3. The van der Waals surface area contributed by atoms with Crippen LogP contribution in [-0.2, 0) is 4.79 Å². The van der Waals surface area contributed by atoms with Crippen LogP contribution in [0.15, 0.2) is 30.3 Å². The molecule has 98 valence electrons. The molecule has 0 radical (unpaired) electrons. The first kappa shape index (κ1) is 12.9. The molecule has 1 aliphatic rings. The molecule has 6 heteroatoms. The van der Waals surface area contributed by atoms with E-state index in [1.165, 1.54) is 0 Å². The Kier molecular flexibility index (Phi) is 2.85. The van der Waals surface area contributed by atoms with Crippen molar-refractivity contribution in [3.63, 3.8) is 0 Å². The fraction of sp³-hybridized carbons (Fsp3) is 0.417. The Balaban J connectivity index is 2.26. The van der Waals surface area contributed by atoms with Gasteiger partial charge in [-0.2, -0.15) is 13.2 Å². The molecule has 2 rings (SSSR count). The van der Waals surface area contributed by atoms with Crippen molar-refractivity contribution in [1.29, 1.82) is 0 Å². The Hall–Kier alpha value is -1.56. The van der Waals surface area contributed by atoms with E-state index in [-0.39, 0.29) is 0 Å². The maximum Gasteiger partial charge on any atom is 0.418 e. The lowest BCUT2D eigenvalue weighted by molar-refractivity contribution is -0.191. The summed E-state index contributed by atoms with van der Waals surface area (Å²) in [6.45, 7) is 1.08. The van der Waals surface area contributed by atoms with E-state index in [0.29, 0.717) is 5.56 Å². The molecule has 1 aliphatic heterocycles. The lowest BCUT2D eigenvalue weighted by Crippen LogP contribution is -2.44. The Morgan fingerprint density at radius 3 is 2.33 bits per heavy atom. The van der Waals surface area contributed by atoms with Crippen molar-refractivity contribution in [1.82, 2.24) is 4.90 Å². The SMILES string of the molecule is C[C@@H](c1ccccc1)N1C[C@]1(C(=O)O)C(F)(F)F. The van der Waals surface area contributed by atoms with Gasteiger partial charge in [0.25, 0.3) is 0 Å². The van der Waals surface area contributed by atoms with Gasteiger partial charge in [-0.1, -0.05) is 30.3 Å². The van der Waals surface area contributed by atoms with Crippen LogP contribution in [0.1, 0.15) is 18.5 Å². The van der Waals surface area contributed by atoms with Crippen molar-refractivity contribution >= 4 is 5.97 Å². The van der Waals surface area contributed by atoms with Crippen LogP contribution in [0, 0.1) is 0 Å². The minimum Gasteiger partial charge on any atom is -0.480 e. The molecule has 1 unspecified atom stereocenters. The zero-order chi connectivity index (χ0) is 13.6. The molecule has 1 fully saturated rings. The first-order valence-corrected chi connectivity index (χ1v) is 5.42. The maximum atomic E-state index is 12.9. The summed E-state index contributed by atoms with van der Waals surface area (Å²) in [4.78, 5) is 11.9. The zero-order valence-corrected chi connectivity index (χ0v) is 9.61. The number of carboxylic acids is 1. The standard InChI is InChI=1S/C12H12F3NO2/c1-8(9-5-3-2-4-6-9)16-7-11(16,10(17)18)12(13,14)15/h2-6,8H,7H2,1H3,(H,17,18)/t8-,11-,16?/m0/s1. The van der Waals surface area contributed by atoms with Gasteiger partial charge in [-0.25, -0.2) is 4.79 Å². The lowest BCUT2D eigenvalue weighted by atomic mass is 10.1. The second-order valence-corrected chi connectivity index (χ2v) is 4.38. The van der Waals surface area contributed by atoms with Crippen molar-refractivity contribution in [2.75, 3.05) is 6.54 Å². The average molecular weight is 259 g/mol. The van der Waals surface area contributed by atoms with E-state index in [9.17, 15) is 18.0 Å². The highest BCUT2D eigenvalue weighted by Gasteiger charge is 2.76. The third-order valence-corrected chi connectivity index (χ3v) is 3.36. The summed E-state index contributed by atoms with van der Waals surface area (Å²) in [7, 11) is 0. The fourth-order valence-electron chi connectivity index (χ4n) is 2.15. The van der Waals surface area contributed by atoms with E-state index in [1.807, 2.05) is 0 Å². The van der Waals surface area contributed by atoms with Crippen LogP contribution in [0.25, 0.3) is 0 Å². The molecule has 3 atom stereocenters. The molecule has 0 aromatic heterocycles. The van der Waals surface area contributed by atoms with Crippen molar-refractivity contribution in [2.45, 2.75) is 24.7 Å². The van der Waals surface area contributed by atoms with Crippen LogP contribution in [0.5, 0.6) is 0 Å². The molecule has 1 saturated heterocycles. The van der Waals surface area contributed by atoms with Gasteiger partial charge in [0, 0.05) is 12.6 Å². The maximum absolute atomic E-state index is 12.9. The highest BCUT2D eigenvalue weighted by molar-refractivity contribution is 5.84. The molecule has 18 heavy (non-hydrogen) atoms. The van der Waals surface area contributed by atoms with Gasteiger partial charge in [0.15, 0.2) is 0 Å². The number of halogens is 3. The van der Waals surface area contributed by atoms with Crippen LogP contribution >= 0.6 is 0 Å². The number of benzene rings is 1. The monoisotopic (exact) mass is 259 g/mol. The Bertz CT molecular complexity index is 460. The van der Waals surface area contributed by atoms with Crippen LogP contribution in [0.4, 0.5) is 13.2 Å². The summed E-state index contributed by atoms with van der Waals surface area (Å²) in [5, 5.41) is 8.84. The molecular formula is C12H12F3NO2. The third-order valence-electron chi connectivity index (χ3n) is 3.36. The quantitative estimate of drug-likeness (QED) is 0.847. The van der Waals surface area contributed by atoms with Gasteiger partial charge in [-0.15, -0.1) is 0 Å².